The normalized spacial score (nSPS) is 13.8. The maximum Gasteiger partial charge on any atom is 0.260 e. The summed E-state index contributed by atoms with van der Waals surface area (Å²) in [4.78, 5) is 23.5. The fourth-order valence-corrected chi connectivity index (χ4v) is 2.44. The highest BCUT2D eigenvalue weighted by atomic mass is 16.5. The lowest BCUT2D eigenvalue weighted by Gasteiger charge is -2.08. The Labute approximate surface area is 138 Å². The molecule has 1 aromatic carbocycles. The molecule has 0 radical (unpaired) electrons. The van der Waals surface area contributed by atoms with Gasteiger partial charge in [0.15, 0.2) is 0 Å². The van der Waals surface area contributed by atoms with E-state index in [1.165, 1.54) is 12.8 Å². The molecule has 0 bridgehead atoms. The first-order valence-corrected chi connectivity index (χ1v) is 8.08. The number of nitrogens with one attached hydrogen (secondary N) is 2. The summed E-state index contributed by atoms with van der Waals surface area (Å²) in [6.07, 6.45) is 4.30. The van der Waals surface area contributed by atoms with Gasteiger partial charge in [0.25, 0.3) is 5.56 Å². The predicted octanol–water partition coefficient (Wildman–Crippen LogP) is 2.72. The van der Waals surface area contributed by atoms with Crippen LogP contribution in [0.15, 0.2) is 47.4 Å². The summed E-state index contributed by atoms with van der Waals surface area (Å²) < 4.78 is 5.62. The molecular weight excluding hydrogens is 304 g/mol. The first-order valence-electron chi connectivity index (χ1n) is 8.08. The molecule has 0 unspecified atom stereocenters. The molecule has 0 atom stereocenters. The van der Waals surface area contributed by atoms with Crippen LogP contribution in [0.2, 0.25) is 0 Å². The number of hydrogen-bond acceptors (Lipinski definition) is 5. The minimum Gasteiger partial charge on any atom is -0.477 e. The monoisotopic (exact) mass is 322 g/mol. The molecule has 122 valence electrons. The zero-order valence-electron chi connectivity index (χ0n) is 13.2. The van der Waals surface area contributed by atoms with Gasteiger partial charge in [0, 0.05) is 18.8 Å². The van der Waals surface area contributed by atoms with Crippen LogP contribution >= 0.6 is 0 Å². The van der Waals surface area contributed by atoms with Crippen LogP contribution in [0.5, 0.6) is 5.88 Å². The summed E-state index contributed by atoms with van der Waals surface area (Å²) in [5, 5.41) is 3.71. The van der Waals surface area contributed by atoms with Gasteiger partial charge in [0.05, 0.1) is 17.5 Å². The molecule has 1 aliphatic carbocycles. The van der Waals surface area contributed by atoms with Gasteiger partial charge in [-0.05, 0) is 36.5 Å². The van der Waals surface area contributed by atoms with Crippen molar-refractivity contribution in [2.24, 2.45) is 5.92 Å². The standard InChI is InChI=1S/C18H18N4O2/c23-17-14-3-1-2-4-15(14)21-18(22-17)20-10-13-7-8-16(19-9-13)24-11-12-5-6-12/h1-4,7-9,12H,5-6,10-11H2,(H2,20,21,22,23). The molecule has 4 rings (SSSR count). The largest absolute Gasteiger partial charge is 0.477 e. The lowest BCUT2D eigenvalue weighted by Crippen LogP contribution is -2.13. The highest BCUT2D eigenvalue weighted by molar-refractivity contribution is 5.78. The lowest BCUT2D eigenvalue weighted by atomic mass is 10.2. The Morgan fingerprint density at radius 2 is 2.08 bits per heavy atom. The number of aromatic nitrogens is 3. The smallest absolute Gasteiger partial charge is 0.260 e. The van der Waals surface area contributed by atoms with Crippen LogP contribution in [-0.2, 0) is 6.54 Å². The molecular formula is C18H18N4O2. The van der Waals surface area contributed by atoms with Crippen LogP contribution in [-0.4, -0.2) is 21.6 Å². The Bertz CT molecular complexity index is 901. The number of ether oxygens (including phenoxy) is 1. The van der Waals surface area contributed by atoms with Crippen molar-refractivity contribution >= 4 is 16.9 Å². The third-order valence-electron chi connectivity index (χ3n) is 4.03. The topological polar surface area (TPSA) is 79.9 Å². The van der Waals surface area contributed by atoms with Crippen molar-refractivity contribution in [3.63, 3.8) is 0 Å². The first-order chi connectivity index (χ1) is 11.8. The minimum atomic E-state index is -0.148. The molecule has 0 saturated heterocycles. The van der Waals surface area contributed by atoms with Crippen molar-refractivity contribution in [3.8, 4) is 5.88 Å². The van der Waals surface area contributed by atoms with Gasteiger partial charge in [-0.15, -0.1) is 0 Å². The van der Waals surface area contributed by atoms with E-state index in [2.05, 4.69) is 20.3 Å². The molecule has 2 aromatic heterocycles. The van der Waals surface area contributed by atoms with Crippen molar-refractivity contribution in [2.75, 3.05) is 11.9 Å². The van der Waals surface area contributed by atoms with E-state index >= 15 is 0 Å². The highest BCUT2D eigenvalue weighted by Crippen LogP contribution is 2.29. The summed E-state index contributed by atoms with van der Waals surface area (Å²) in [6, 6.07) is 11.1. The Balaban J connectivity index is 1.41. The molecule has 0 amide bonds. The van der Waals surface area contributed by atoms with Crippen LogP contribution < -0.4 is 15.6 Å². The number of nitrogens with zero attached hydrogens (tertiary/aromatic N) is 2. The van der Waals surface area contributed by atoms with Crippen molar-refractivity contribution in [1.29, 1.82) is 0 Å². The Morgan fingerprint density at radius 3 is 2.88 bits per heavy atom. The summed E-state index contributed by atoms with van der Waals surface area (Å²) in [5.41, 5.74) is 1.51. The van der Waals surface area contributed by atoms with E-state index in [0.717, 1.165) is 12.2 Å². The van der Waals surface area contributed by atoms with Crippen molar-refractivity contribution in [1.82, 2.24) is 15.0 Å². The van der Waals surface area contributed by atoms with Gasteiger partial charge in [0.1, 0.15) is 0 Å². The van der Waals surface area contributed by atoms with Gasteiger partial charge in [-0.25, -0.2) is 9.97 Å². The average Bonchev–Trinajstić information content (AvgIpc) is 3.44. The van der Waals surface area contributed by atoms with Crippen LogP contribution in [0, 0.1) is 5.92 Å². The van der Waals surface area contributed by atoms with Crippen molar-refractivity contribution in [3.05, 3.63) is 58.5 Å². The minimum absolute atomic E-state index is 0.148. The average molecular weight is 322 g/mol. The third-order valence-corrected chi connectivity index (χ3v) is 4.03. The Morgan fingerprint density at radius 1 is 1.21 bits per heavy atom. The number of anilines is 1. The summed E-state index contributed by atoms with van der Waals surface area (Å²) in [6.45, 7) is 1.28. The van der Waals surface area contributed by atoms with Gasteiger partial charge in [-0.3, -0.25) is 9.78 Å². The fourth-order valence-electron chi connectivity index (χ4n) is 2.44. The number of aromatic amines is 1. The van der Waals surface area contributed by atoms with Crippen LogP contribution in [0.3, 0.4) is 0 Å². The zero-order valence-corrected chi connectivity index (χ0v) is 13.2. The van der Waals surface area contributed by atoms with Crippen LogP contribution in [0.1, 0.15) is 18.4 Å². The Kier molecular flexibility index (Phi) is 3.86. The first kappa shape index (κ1) is 14.7. The molecule has 0 aliphatic heterocycles. The second-order valence-electron chi connectivity index (χ2n) is 6.04. The predicted molar refractivity (Wildman–Crippen MR) is 92.1 cm³/mol. The quantitative estimate of drug-likeness (QED) is 0.729. The molecule has 1 saturated carbocycles. The maximum atomic E-state index is 12.0. The Hall–Kier alpha value is -2.89. The molecule has 24 heavy (non-hydrogen) atoms. The summed E-state index contributed by atoms with van der Waals surface area (Å²) >= 11 is 0. The van der Waals surface area contributed by atoms with Gasteiger partial charge in [-0.1, -0.05) is 18.2 Å². The molecule has 1 fully saturated rings. The molecule has 2 N–H and O–H groups in total. The zero-order chi connectivity index (χ0) is 16.4. The second-order valence-corrected chi connectivity index (χ2v) is 6.04. The van der Waals surface area contributed by atoms with E-state index in [1.54, 1.807) is 12.3 Å². The van der Waals surface area contributed by atoms with E-state index < -0.39 is 0 Å². The molecule has 3 aromatic rings. The van der Waals surface area contributed by atoms with E-state index in [9.17, 15) is 4.79 Å². The number of rotatable bonds is 6. The van der Waals surface area contributed by atoms with E-state index in [0.29, 0.717) is 35.2 Å². The molecule has 2 heterocycles. The number of hydrogen-bond donors (Lipinski definition) is 2. The van der Waals surface area contributed by atoms with Gasteiger partial charge in [-0.2, -0.15) is 0 Å². The van der Waals surface area contributed by atoms with Crippen LogP contribution in [0.25, 0.3) is 10.9 Å². The van der Waals surface area contributed by atoms with Gasteiger partial charge >= 0.3 is 0 Å². The van der Waals surface area contributed by atoms with E-state index in [1.807, 2.05) is 30.3 Å². The molecule has 6 nitrogen and oxygen atoms in total. The van der Waals surface area contributed by atoms with Gasteiger partial charge < -0.3 is 10.1 Å². The van der Waals surface area contributed by atoms with Gasteiger partial charge in [0.2, 0.25) is 11.8 Å². The second kappa shape index (κ2) is 6.31. The molecule has 1 aliphatic rings. The van der Waals surface area contributed by atoms with Crippen molar-refractivity contribution < 1.29 is 4.74 Å². The maximum absolute atomic E-state index is 12.0. The highest BCUT2D eigenvalue weighted by Gasteiger charge is 2.21. The van der Waals surface area contributed by atoms with Crippen LogP contribution in [0.4, 0.5) is 5.95 Å². The van der Waals surface area contributed by atoms with E-state index in [-0.39, 0.29) is 5.56 Å². The SMILES string of the molecule is O=c1[nH]c(NCc2ccc(OCC3CC3)nc2)nc2ccccc12. The lowest BCUT2D eigenvalue weighted by molar-refractivity contribution is 0.288. The number of benzene rings is 1. The van der Waals surface area contributed by atoms with E-state index in [4.69, 9.17) is 4.74 Å². The third kappa shape index (κ3) is 3.37. The number of pyridine rings is 1. The van der Waals surface area contributed by atoms with Crippen molar-refractivity contribution in [2.45, 2.75) is 19.4 Å². The number of fused-ring (bicyclic) bond motifs is 1. The molecule has 6 heteroatoms. The summed E-state index contributed by atoms with van der Waals surface area (Å²) in [5.74, 6) is 1.82. The number of para-hydroxylation sites is 1. The number of H-pyrrole nitrogens is 1. The fraction of sp³-hybridized carbons (Fsp3) is 0.278. The molecule has 0 spiro atoms. The summed E-state index contributed by atoms with van der Waals surface area (Å²) in [7, 11) is 0.